The molecule has 0 bridgehead atoms. The van der Waals surface area contributed by atoms with Gasteiger partial charge in [-0.25, -0.2) is 0 Å². The van der Waals surface area contributed by atoms with Crippen molar-refractivity contribution in [2.45, 2.75) is 36.7 Å². The second-order valence-corrected chi connectivity index (χ2v) is 7.05. The third kappa shape index (κ3) is 3.61. The van der Waals surface area contributed by atoms with Gasteiger partial charge in [0, 0.05) is 31.1 Å². The first-order chi connectivity index (χ1) is 11.3. The average molecular weight is 359 g/mol. The molecule has 130 valence electrons. The molecule has 9 heteroatoms. The molecule has 2 amide bonds. The molecule has 1 unspecified atom stereocenters. The molecule has 1 fully saturated rings. The van der Waals surface area contributed by atoms with Crippen molar-refractivity contribution in [3.8, 4) is 0 Å². The summed E-state index contributed by atoms with van der Waals surface area (Å²) < 4.78 is 43.4. The van der Waals surface area contributed by atoms with Crippen LogP contribution < -0.4 is 10.0 Å². The number of aryl methyl sites for hydroxylation is 1. The highest BCUT2D eigenvalue weighted by Gasteiger charge is 2.46. The minimum Gasteiger partial charge on any atom is -0.357 e. The van der Waals surface area contributed by atoms with Crippen molar-refractivity contribution < 1.29 is 22.8 Å². The lowest BCUT2D eigenvalue weighted by Gasteiger charge is -2.28. The van der Waals surface area contributed by atoms with E-state index in [1.807, 2.05) is 5.32 Å². The number of alkyl halides is 3. The number of hydrogen-bond donors (Lipinski definition) is 2. The van der Waals surface area contributed by atoms with Gasteiger partial charge in [0.15, 0.2) is 0 Å². The molecule has 24 heavy (non-hydrogen) atoms. The second kappa shape index (κ2) is 6.19. The monoisotopic (exact) mass is 359 g/mol. The number of amides is 2. The highest BCUT2D eigenvalue weighted by molar-refractivity contribution is 7.98. The molecule has 2 aliphatic rings. The summed E-state index contributed by atoms with van der Waals surface area (Å²) in [6.07, 6.45) is 0.195. The number of halogens is 3. The van der Waals surface area contributed by atoms with Gasteiger partial charge in [-0.3, -0.25) is 14.3 Å². The minimum absolute atomic E-state index is 0.121. The summed E-state index contributed by atoms with van der Waals surface area (Å²) in [6, 6.07) is -0.393. The lowest BCUT2D eigenvalue weighted by molar-refractivity contribution is -0.160. The van der Waals surface area contributed by atoms with Crippen molar-refractivity contribution >= 4 is 29.3 Å². The summed E-state index contributed by atoms with van der Waals surface area (Å²) in [5.41, 5.74) is 0.327. The Morgan fingerprint density at radius 2 is 2.12 bits per heavy atom. The van der Waals surface area contributed by atoms with E-state index in [1.54, 1.807) is 30.1 Å². The maximum Gasteiger partial charge on any atom is 0.408 e. The molecular weight excluding hydrogens is 343 g/mol. The van der Waals surface area contributed by atoms with Crippen LogP contribution in [-0.2, 0) is 16.6 Å². The Bertz CT molecular complexity index is 707. The Morgan fingerprint density at radius 3 is 2.67 bits per heavy atom. The maximum absolute atomic E-state index is 13.1. The third-order valence-corrected chi connectivity index (χ3v) is 5.00. The molecule has 1 saturated carbocycles. The Hall–Kier alpha value is -1.90. The maximum atomic E-state index is 13.1. The van der Waals surface area contributed by atoms with Crippen LogP contribution in [0.4, 0.5) is 13.2 Å². The topological polar surface area (TPSA) is 63.1 Å². The van der Waals surface area contributed by atoms with Gasteiger partial charge in [0.2, 0.25) is 0 Å². The van der Waals surface area contributed by atoms with Crippen LogP contribution in [0.2, 0.25) is 0 Å². The van der Waals surface area contributed by atoms with Crippen LogP contribution in [0.25, 0.3) is 5.57 Å². The largest absolute Gasteiger partial charge is 0.408 e. The summed E-state index contributed by atoms with van der Waals surface area (Å²) in [4.78, 5) is 24.5. The predicted molar refractivity (Wildman–Crippen MR) is 83.7 cm³/mol. The van der Waals surface area contributed by atoms with Crippen LogP contribution in [0.1, 0.15) is 24.8 Å². The molecule has 1 aromatic heterocycles. The van der Waals surface area contributed by atoms with E-state index in [1.165, 1.54) is 11.9 Å². The average Bonchev–Trinajstić information content (AvgIpc) is 3.23. The highest BCUT2D eigenvalue weighted by Crippen LogP contribution is 2.36. The van der Waals surface area contributed by atoms with Crippen LogP contribution in [0.3, 0.4) is 0 Å². The van der Waals surface area contributed by atoms with Gasteiger partial charge in [0.05, 0.1) is 0 Å². The van der Waals surface area contributed by atoms with Gasteiger partial charge in [0.25, 0.3) is 11.8 Å². The Kier molecular flexibility index (Phi) is 4.37. The lowest BCUT2D eigenvalue weighted by Crippen LogP contribution is -2.50. The van der Waals surface area contributed by atoms with Gasteiger partial charge in [-0.15, -0.1) is 0 Å². The minimum atomic E-state index is -4.57. The molecule has 2 heterocycles. The van der Waals surface area contributed by atoms with Crippen LogP contribution in [0.5, 0.6) is 0 Å². The summed E-state index contributed by atoms with van der Waals surface area (Å²) in [5, 5.41) is 2.22. The quantitative estimate of drug-likeness (QED) is 0.640. The molecule has 2 N–H and O–H groups in total. The molecule has 0 spiro atoms. The number of hydrogen-bond acceptors (Lipinski definition) is 3. The van der Waals surface area contributed by atoms with Crippen molar-refractivity contribution in [2.75, 3.05) is 0 Å². The summed E-state index contributed by atoms with van der Waals surface area (Å²) >= 11 is 1.21. The SMILES string of the molecule is Cn1ccc(C2=C(C(=O)NSC3CC3)C(=O)NC(C(F)(F)F)C2)c1. The van der Waals surface area contributed by atoms with E-state index in [0.29, 0.717) is 10.8 Å². The molecule has 0 saturated heterocycles. The van der Waals surface area contributed by atoms with E-state index in [0.717, 1.165) is 12.8 Å². The van der Waals surface area contributed by atoms with Gasteiger partial charge in [0.1, 0.15) is 11.6 Å². The fraction of sp³-hybridized carbons (Fsp3) is 0.467. The molecule has 1 aliphatic carbocycles. The highest BCUT2D eigenvalue weighted by atomic mass is 32.2. The first kappa shape index (κ1) is 16.9. The first-order valence-electron chi connectivity index (χ1n) is 7.44. The Morgan fingerprint density at radius 1 is 1.42 bits per heavy atom. The predicted octanol–water partition coefficient (Wildman–Crippen LogP) is 2.16. The van der Waals surface area contributed by atoms with Crippen molar-refractivity contribution in [1.29, 1.82) is 0 Å². The number of nitrogens with zero attached hydrogens (tertiary/aromatic N) is 1. The van der Waals surface area contributed by atoms with E-state index in [4.69, 9.17) is 0 Å². The fourth-order valence-electron chi connectivity index (χ4n) is 2.48. The zero-order valence-corrected chi connectivity index (χ0v) is 13.6. The van der Waals surface area contributed by atoms with Gasteiger partial charge >= 0.3 is 6.18 Å². The second-order valence-electron chi connectivity index (χ2n) is 5.94. The molecule has 0 aromatic carbocycles. The van der Waals surface area contributed by atoms with Crippen molar-refractivity contribution in [3.05, 3.63) is 29.6 Å². The normalized spacial score (nSPS) is 21.7. The van der Waals surface area contributed by atoms with E-state index < -0.39 is 30.5 Å². The molecule has 1 aliphatic heterocycles. The molecule has 3 rings (SSSR count). The smallest absolute Gasteiger partial charge is 0.357 e. The summed E-state index contributed by atoms with van der Waals surface area (Å²) in [6.45, 7) is 0. The van der Waals surface area contributed by atoms with Gasteiger partial charge in [-0.1, -0.05) is 0 Å². The molecular formula is C15H16F3N3O2S. The van der Waals surface area contributed by atoms with Crippen molar-refractivity contribution in [3.63, 3.8) is 0 Å². The summed E-state index contributed by atoms with van der Waals surface area (Å²) in [7, 11) is 1.72. The van der Waals surface area contributed by atoms with Crippen LogP contribution in [-0.4, -0.2) is 33.8 Å². The van der Waals surface area contributed by atoms with E-state index in [-0.39, 0.29) is 11.1 Å². The zero-order chi connectivity index (χ0) is 17.5. The Labute approximate surface area is 140 Å². The third-order valence-electron chi connectivity index (χ3n) is 3.89. The molecule has 1 aromatic rings. The fourth-order valence-corrected chi connectivity index (χ4v) is 3.23. The molecule has 1 atom stereocenters. The van der Waals surface area contributed by atoms with Crippen LogP contribution in [0, 0.1) is 0 Å². The number of rotatable bonds is 4. The van der Waals surface area contributed by atoms with Crippen molar-refractivity contribution in [1.82, 2.24) is 14.6 Å². The summed E-state index contributed by atoms with van der Waals surface area (Å²) in [5.74, 6) is -1.64. The van der Waals surface area contributed by atoms with E-state index in [9.17, 15) is 22.8 Å². The van der Waals surface area contributed by atoms with Gasteiger partial charge < -0.3 is 9.88 Å². The zero-order valence-electron chi connectivity index (χ0n) is 12.8. The lowest BCUT2D eigenvalue weighted by atomic mass is 9.90. The standard InChI is InChI=1S/C15H16F3N3O2S/c1-21-5-4-8(7-21)10-6-11(15(16,17)18)19-13(22)12(10)14(23)20-24-9-2-3-9/h4-5,7,9,11H,2-3,6H2,1H3,(H,19,22)(H,20,23). The number of carbonyl (C=O) groups is 2. The van der Waals surface area contributed by atoms with E-state index >= 15 is 0 Å². The first-order valence-corrected chi connectivity index (χ1v) is 8.32. The van der Waals surface area contributed by atoms with Crippen LogP contribution in [0.15, 0.2) is 24.0 Å². The number of aromatic nitrogens is 1. The van der Waals surface area contributed by atoms with Gasteiger partial charge in [-0.05, 0) is 42.0 Å². The molecule has 5 nitrogen and oxygen atoms in total. The molecule has 0 radical (unpaired) electrons. The van der Waals surface area contributed by atoms with Gasteiger partial charge in [-0.2, -0.15) is 13.2 Å². The van der Waals surface area contributed by atoms with Crippen LogP contribution >= 0.6 is 11.9 Å². The Balaban J connectivity index is 1.94. The number of nitrogens with one attached hydrogen (secondary N) is 2. The van der Waals surface area contributed by atoms with E-state index in [2.05, 4.69) is 4.72 Å². The number of carbonyl (C=O) groups excluding carboxylic acids is 2. The van der Waals surface area contributed by atoms with Crippen molar-refractivity contribution in [2.24, 2.45) is 7.05 Å².